The molecule has 0 spiro atoms. The largest absolute Gasteiger partial charge is 0.343 e. The van der Waals surface area contributed by atoms with Gasteiger partial charge in [-0.05, 0) is 37.7 Å². The maximum Gasteiger partial charge on any atom is 0.130 e. The number of nitrogens with zero attached hydrogens (tertiary/aromatic N) is 3. The molecule has 4 nitrogen and oxygen atoms in total. The van der Waals surface area contributed by atoms with E-state index in [0.717, 1.165) is 23.0 Å². The maximum atomic E-state index is 5.35. The molecule has 2 aromatic rings. The van der Waals surface area contributed by atoms with Gasteiger partial charge in [0, 0.05) is 24.7 Å². The smallest absolute Gasteiger partial charge is 0.130 e. The van der Waals surface area contributed by atoms with Crippen LogP contribution in [0.5, 0.6) is 0 Å². The molecule has 112 valence electrons. The molecule has 1 N–H and O–H groups in total. The van der Waals surface area contributed by atoms with Crippen LogP contribution in [-0.2, 0) is 7.05 Å². The number of aromatic nitrogens is 4. The highest BCUT2D eigenvalue weighted by Gasteiger charge is 2.23. The number of hydrogen-bond acceptors (Lipinski definition) is 3. The van der Waals surface area contributed by atoms with Crippen molar-refractivity contribution in [2.24, 2.45) is 13.0 Å². The molecule has 1 fully saturated rings. The van der Waals surface area contributed by atoms with Crippen LogP contribution in [0, 0.1) is 10.6 Å². The molecule has 0 aliphatic heterocycles. The van der Waals surface area contributed by atoms with E-state index in [1.807, 2.05) is 25.5 Å². The lowest BCUT2D eigenvalue weighted by Crippen LogP contribution is -2.15. The fourth-order valence-electron chi connectivity index (χ4n) is 3.23. The summed E-state index contributed by atoms with van der Waals surface area (Å²) in [5, 5.41) is 4.23. The van der Waals surface area contributed by atoms with Gasteiger partial charge in [0.25, 0.3) is 0 Å². The fraction of sp³-hybridized carbons (Fsp3) is 0.562. The van der Waals surface area contributed by atoms with Crippen molar-refractivity contribution in [3.63, 3.8) is 0 Å². The Morgan fingerprint density at radius 3 is 2.71 bits per heavy atom. The highest BCUT2D eigenvalue weighted by Crippen LogP contribution is 2.36. The second kappa shape index (κ2) is 6.10. The van der Waals surface area contributed by atoms with Crippen molar-refractivity contribution >= 4 is 12.2 Å². The molecule has 0 unspecified atom stereocenters. The standard InChI is InChI=1S/C16H22N4S/c1-3-11-4-6-12(7-5-11)16-18-14(8-15(21)19-16)13-9-17-20(2)10-13/h8-12H,3-7H2,1-2H3,(H,18,19,21). The minimum absolute atomic E-state index is 0.520. The van der Waals surface area contributed by atoms with E-state index in [1.54, 1.807) is 4.68 Å². The normalized spacial score (nSPS) is 22.4. The van der Waals surface area contributed by atoms with E-state index in [2.05, 4.69) is 22.0 Å². The lowest BCUT2D eigenvalue weighted by molar-refractivity contribution is 0.312. The second-order valence-electron chi connectivity index (χ2n) is 6.05. The summed E-state index contributed by atoms with van der Waals surface area (Å²) < 4.78 is 2.47. The second-order valence-corrected chi connectivity index (χ2v) is 6.47. The highest BCUT2D eigenvalue weighted by molar-refractivity contribution is 7.71. The van der Waals surface area contributed by atoms with Crippen molar-refractivity contribution in [1.82, 2.24) is 19.7 Å². The van der Waals surface area contributed by atoms with Gasteiger partial charge in [0.15, 0.2) is 0 Å². The zero-order chi connectivity index (χ0) is 14.8. The van der Waals surface area contributed by atoms with Gasteiger partial charge in [-0.15, -0.1) is 0 Å². The first-order valence-electron chi connectivity index (χ1n) is 7.76. The Bertz CT molecular complexity index is 665. The number of rotatable bonds is 3. The lowest BCUT2D eigenvalue weighted by atomic mass is 9.80. The van der Waals surface area contributed by atoms with E-state index in [1.165, 1.54) is 32.1 Å². The molecule has 0 atom stereocenters. The minimum atomic E-state index is 0.520. The van der Waals surface area contributed by atoms with Crippen LogP contribution in [0.4, 0.5) is 0 Å². The lowest BCUT2D eigenvalue weighted by Gasteiger charge is -2.27. The Kier molecular flexibility index (Phi) is 4.19. The third-order valence-corrected chi connectivity index (χ3v) is 4.80. The van der Waals surface area contributed by atoms with Gasteiger partial charge in [0.1, 0.15) is 10.5 Å². The summed E-state index contributed by atoms with van der Waals surface area (Å²) in [7, 11) is 1.92. The van der Waals surface area contributed by atoms with Crippen LogP contribution in [0.3, 0.4) is 0 Å². The molecule has 0 amide bonds. The van der Waals surface area contributed by atoms with E-state index >= 15 is 0 Å². The predicted octanol–water partition coefficient (Wildman–Crippen LogP) is 4.22. The van der Waals surface area contributed by atoms with Gasteiger partial charge in [-0.3, -0.25) is 4.68 Å². The van der Waals surface area contributed by atoms with Gasteiger partial charge in [-0.1, -0.05) is 25.6 Å². The summed E-state index contributed by atoms with van der Waals surface area (Å²) in [6.07, 6.45) is 10.2. The van der Waals surface area contributed by atoms with Crippen LogP contribution >= 0.6 is 12.2 Å². The third-order valence-electron chi connectivity index (χ3n) is 4.59. The first-order valence-corrected chi connectivity index (χ1v) is 8.16. The van der Waals surface area contributed by atoms with Crippen molar-refractivity contribution < 1.29 is 0 Å². The van der Waals surface area contributed by atoms with Crippen LogP contribution in [0.2, 0.25) is 0 Å². The highest BCUT2D eigenvalue weighted by atomic mass is 32.1. The molecule has 1 aliphatic rings. The van der Waals surface area contributed by atoms with E-state index < -0.39 is 0 Å². The molecule has 0 aromatic carbocycles. The number of nitrogens with one attached hydrogen (secondary N) is 1. The molecule has 21 heavy (non-hydrogen) atoms. The predicted molar refractivity (Wildman–Crippen MR) is 86.6 cm³/mol. The van der Waals surface area contributed by atoms with Crippen molar-refractivity contribution in [3.05, 3.63) is 28.9 Å². The number of hydrogen-bond donors (Lipinski definition) is 1. The molecule has 0 saturated heterocycles. The zero-order valence-electron chi connectivity index (χ0n) is 12.7. The average molecular weight is 302 g/mol. The number of H-pyrrole nitrogens is 1. The molecule has 0 bridgehead atoms. The summed E-state index contributed by atoms with van der Waals surface area (Å²) >= 11 is 5.35. The summed E-state index contributed by atoms with van der Waals surface area (Å²) in [5.41, 5.74) is 2.09. The van der Waals surface area contributed by atoms with Gasteiger partial charge in [-0.25, -0.2) is 4.98 Å². The van der Waals surface area contributed by atoms with Crippen LogP contribution in [-0.4, -0.2) is 19.7 Å². The van der Waals surface area contributed by atoms with Crippen LogP contribution in [0.1, 0.15) is 50.8 Å². The van der Waals surface area contributed by atoms with E-state index in [-0.39, 0.29) is 0 Å². The first kappa shape index (κ1) is 14.4. The monoisotopic (exact) mass is 302 g/mol. The molecule has 2 heterocycles. The number of aromatic amines is 1. The molecule has 2 aromatic heterocycles. The van der Waals surface area contributed by atoms with Crippen molar-refractivity contribution in [3.8, 4) is 11.3 Å². The summed E-state index contributed by atoms with van der Waals surface area (Å²) in [5.74, 6) is 2.47. The van der Waals surface area contributed by atoms with E-state index in [0.29, 0.717) is 10.6 Å². The quantitative estimate of drug-likeness (QED) is 0.863. The minimum Gasteiger partial charge on any atom is -0.343 e. The fourth-order valence-corrected chi connectivity index (χ4v) is 3.45. The molecule has 1 saturated carbocycles. The summed E-state index contributed by atoms with van der Waals surface area (Å²) in [6.45, 7) is 2.29. The SMILES string of the molecule is CCC1CCC(c2nc(=S)cc(-c3cnn(C)c3)[nH]2)CC1. The van der Waals surface area contributed by atoms with Crippen molar-refractivity contribution in [1.29, 1.82) is 0 Å². The van der Waals surface area contributed by atoms with Gasteiger partial charge >= 0.3 is 0 Å². The van der Waals surface area contributed by atoms with E-state index in [4.69, 9.17) is 12.2 Å². The van der Waals surface area contributed by atoms with Gasteiger partial charge in [0.2, 0.25) is 0 Å². The Labute approximate surface area is 130 Å². The van der Waals surface area contributed by atoms with Gasteiger partial charge in [-0.2, -0.15) is 5.10 Å². The number of aryl methyl sites for hydroxylation is 1. The summed E-state index contributed by atoms with van der Waals surface area (Å²) in [4.78, 5) is 8.06. The van der Waals surface area contributed by atoms with Crippen LogP contribution < -0.4 is 0 Å². The maximum absolute atomic E-state index is 5.35. The molecular weight excluding hydrogens is 280 g/mol. The Balaban J connectivity index is 1.86. The molecule has 5 heteroatoms. The van der Waals surface area contributed by atoms with E-state index in [9.17, 15) is 0 Å². The molecule has 1 aliphatic carbocycles. The topological polar surface area (TPSA) is 46.5 Å². The van der Waals surface area contributed by atoms with Crippen molar-refractivity contribution in [2.75, 3.05) is 0 Å². The molecule has 3 rings (SSSR count). The van der Waals surface area contributed by atoms with Crippen molar-refractivity contribution in [2.45, 2.75) is 44.9 Å². The molecular formula is C16H22N4S. The van der Waals surface area contributed by atoms with Gasteiger partial charge in [0.05, 0.1) is 11.9 Å². The van der Waals surface area contributed by atoms with Gasteiger partial charge < -0.3 is 4.98 Å². The van der Waals surface area contributed by atoms with Crippen LogP contribution in [0.15, 0.2) is 18.5 Å². The third kappa shape index (κ3) is 3.23. The van der Waals surface area contributed by atoms with Crippen LogP contribution in [0.25, 0.3) is 11.3 Å². The average Bonchev–Trinajstić information content (AvgIpc) is 2.93. The first-order chi connectivity index (χ1) is 10.2. The Morgan fingerprint density at radius 1 is 1.33 bits per heavy atom. The summed E-state index contributed by atoms with van der Waals surface area (Å²) in [6, 6.07) is 1.92. The molecule has 0 radical (unpaired) electrons. The Morgan fingerprint density at radius 2 is 2.10 bits per heavy atom. The Hall–Kier alpha value is -1.49. The zero-order valence-corrected chi connectivity index (χ0v) is 13.5.